The van der Waals surface area contributed by atoms with Crippen LogP contribution in [-0.4, -0.2) is 26.9 Å². The Bertz CT molecular complexity index is 1470. The molecule has 2 heterocycles. The molecule has 2 aromatic heterocycles. The van der Waals surface area contributed by atoms with Crippen molar-refractivity contribution in [1.29, 1.82) is 0 Å². The van der Waals surface area contributed by atoms with Gasteiger partial charge in [0.25, 0.3) is 0 Å². The monoisotopic (exact) mass is 588 g/mol. The van der Waals surface area contributed by atoms with Crippen LogP contribution in [0.4, 0.5) is 4.39 Å². The van der Waals surface area contributed by atoms with Gasteiger partial charge in [-0.05, 0) is 67.8 Å². The van der Waals surface area contributed by atoms with Gasteiger partial charge in [0.05, 0.1) is 23.2 Å². The lowest BCUT2D eigenvalue weighted by Gasteiger charge is -2.23. The summed E-state index contributed by atoms with van der Waals surface area (Å²) in [6.45, 7) is 7.46. The Morgan fingerprint density at radius 1 is 1.18 bits per heavy atom. The van der Waals surface area contributed by atoms with Gasteiger partial charge < -0.3 is 14.0 Å². The minimum absolute atomic E-state index is 0.0318. The van der Waals surface area contributed by atoms with Crippen molar-refractivity contribution in [3.8, 4) is 16.9 Å². The van der Waals surface area contributed by atoms with Gasteiger partial charge in [0.2, 0.25) is 0 Å². The van der Waals surface area contributed by atoms with E-state index in [1.165, 1.54) is 18.3 Å². The third kappa shape index (κ3) is 7.49. The summed E-state index contributed by atoms with van der Waals surface area (Å²) in [5.74, 6) is -0.118. The van der Waals surface area contributed by atoms with E-state index >= 15 is 4.39 Å². The lowest BCUT2D eigenvalue weighted by atomic mass is 9.99. The van der Waals surface area contributed by atoms with E-state index < -0.39 is 21.9 Å². The van der Waals surface area contributed by atoms with Crippen LogP contribution in [0.15, 0.2) is 54.7 Å². The number of hydrogen-bond acceptors (Lipinski definition) is 7. The fraction of sp³-hybridized carbons (Fsp3) is 0.310. The minimum Gasteiger partial charge on any atom is -0.598 e. The average Bonchev–Trinajstić information content (AvgIpc) is 3.26. The standard InChI is InChI=1S/C29H30ClFN2O4S2/c1-18(34)36-12-10-20-7-5-6-8-25(20)37-17-19-13-22(23-15-27(30)38-26(23)14-19)21-9-11-32-24(28(21)31)16-33-39(35)29(2,3)4/h5-9,11,13-15,33H,10,12,16-17H2,1-4H3/t39-/m0/s1. The summed E-state index contributed by atoms with van der Waals surface area (Å²) in [6.07, 6.45) is 2.08. The van der Waals surface area contributed by atoms with Crippen LogP contribution < -0.4 is 9.46 Å². The number of benzene rings is 2. The van der Waals surface area contributed by atoms with Gasteiger partial charge in [-0.15, -0.1) is 16.1 Å². The second kappa shape index (κ2) is 12.7. The Hall–Kier alpha value is -2.69. The molecule has 0 unspecified atom stereocenters. The number of nitrogens with one attached hydrogen (secondary N) is 1. The number of fused-ring (bicyclic) bond motifs is 1. The average molecular weight is 589 g/mol. The van der Waals surface area contributed by atoms with Gasteiger partial charge in [0.1, 0.15) is 17.1 Å². The highest BCUT2D eigenvalue weighted by molar-refractivity contribution is 7.90. The predicted octanol–water partition coefficient (Wildman–Crippen LogP) is 6.99. The number of para-hydroxylation sites is 1. The topological polar surface area (TPSA) is 83.5 Å². The number of aromatic nitrogens is 1. The molecule has 0 radical (unpaired) electrons. The number of nitrogens with zero attached hydrogens (tertiary/aromatic N) is 1. The molecule has 1 N–H and O–H groups in total. The fourth-order valence-electron chi connectivity index (χ4n) is 3.96. The third-order valence-corrected chi connectivity index (χ3v) is 8.62. The first-order valence-corrected chi connectivity index (χ1v) is 14.7. The second-order valence-corrected chi connectivity index (χ2v) is 13.7. The zero-order valence-corrected chi connectivity index (χ0v) is 24.6. The van der Waals surface area contributed by atoms with Crippen LogP contribution in [0.5, 0.6) is 5.75 Å². The van der Waals surface area contributed by atoms with Crippen LogP contribution in [0.1, 0.15) is 44.5 Å². The molecule has 0 aliphatic carbocycles. The number of hydrogen-bond donors (Lipinski definition) is 1. The second-order valence-electron chi connectivity index (χ2n) is 9.91. The van der Waals surface area contributed by atoms with Crippen molar-refractivity contribution < 1.29 is 23.2 Å². The molecule has 0 aliphatic heterocycles. The van der Waals surface area contributed by atoms with Gasteiger partial charge in [-0.2, -0.15) is 0 Å². The molecule has 0 saturated heterocycles. The van der Waals surface area contributed by atoms with Crippen molar-refractivity contribution in [3.05, 3.63) is 81.7 Å². The SMILES string of the molecule is CC(=O)OCCc1ccccc1OCc1cc(-c2ccnc(CN[S@@+]([O-])C(C)(C)C)c2F)c2cc(Cl)sc2c1. The molecule has 0 saturated carbocycles. The minimum atomic E-state index is -1.36. The zero-order valence-electron chi connectivity index (χ0n) is 22.2. The normalized spacial score (nSPS) is 12.5. The first-order chi connectivity index (χ1) is 18.5. The van der Waals surface area contributed by atoms with Crippen LogP contribution >= 0.6 is 22.9 Å². The Morgan fingerprint density at radius 3 is 2.69 bits per heavy atom. The van der Waals surface area contributed by atoms with E-state index in [0.717, 1.165) is 21.2 Å². The summed E-state index contributed by atoms with van der Waals surface area (Å²) < 4.78 is 43.3. The van der Waals surface area contributed by atoms with Crippen molar-refractivity contribution in [2.45, 2.75) is 52.0 Å². The zero-order chi connectivity index (χ0) is 28.2. The first kappa shape index (κ1) is 29.3. The molecule has 0 aliphatic rings. The highest BCUT2D eigenvalue weighted by Crippen LogP contribution is 2.39. The maximum Gasteiger partial charge on any atom is 0.302 e. The van der Waals surface area contributed by atoms with Crippen molar-refractivity contribution >= 4 is 50.4 Å². The largest absolute Gasteiger partial charge is 0.598 e. The van der Waals surface area contributed by atoms with E-state index in [-0.39, 0.29) is 31.4 Å². The summed E-state index contributed by atoms with van der Waals surface area (Å²) in [7, 11) is 0. The molecule has 4 aromatic rings. The van der Waals surface area contributed by atoms with E-state index in [2.05, 4.69) is 9.71 Å². The molecule has 0 fully saturated rings. The van der Waals surface area contributed by atoms with E-state index in [4.69, 9.17) is 21.1 Å². The van der Waals surface area contributed by atoms with Gasteiger partial charge in [-0.1, -0.05) is 29.8 Å². The molecule has 6 nitrogen and oxygen atoms in total. The molecule has 1 atom stereocenters. The maximum absolute atomic E-state index is 15.8. The number of esters is 1. The van der Waals surface area contributed by atoms with Gasteiger partial charge in [-0.25, -0.2) is 4.39 Å². The van der Waals surface area contributed by atoms with Crippen LogP contribution in [0.3, 0.4) is 0 Å². The smallest absolute Gasteiger partial charge is 0.302 e. The van der Waals surface area contributed by atoms with Gasteiger partial charge >= 0.3 is 5.97 Å². The van der Waals surface area contributed by atoms with Crippen LogP contribution in [-0.2, 0) is 40.5 Å². The van der Waals surface area contributed by atoms with Gasteiger partial charge in [0, 0.05) is 46.6 Å². The maximum atomic E-state index is 15.8. The number of pyridine rings is 1. The number of carbonyl (C=O) groups is 1. The summed E-state index contributed by atoms with van der Waals surface area (Å²) in [5, 5.41) is 0.831. The predicted molar refractivity (Wildman–Crippen MR) is 156 cm³/mol. The number of rotatable bonds is 10. The molecule has 2 aromatic carbocycles. The van der Waals surface area contributed by atoms with Crippen molar-refractivity contribution in [1.82, 2.24) is 9.71 Å². The highest BCUT2D eigenvalue weighted by Gasteiger charge is 2.27. The molecule has 4 rings (SSSR count). The molecular weight excluding hydrogens is 559 g/mol. The van der Waals surface area contributed by atoms with Crippen molar-refractivity contribution in [3.63, 3.8) is 0 Å². The molecule has 206 valence electrons. The molecule has 39 heavy (non-hydrogen) atoms. The van der Waals surface area contributed by atoms with Gasteiger partial charge in [0.15, 0.2) is 5.82 Å². The lowest BCUT2D eigenvalue weighted by Crippen LogP contribution is -2.39. The third-order valence-electron chi connectivity index (χ3n) is 5.89. The number of ether oxygens (including phenoxy) is 2. The van der Waals surface area contributed by atoms with Crippen LogP contribution in [0.25, 0.3) is 21.2 Å². The van der Waals surface area contributed by atoms with Crippen LogP contribution in [0.2, 0.25) is 4.34 Å². The van der Waals surface area contributed by atoms with E-state index in [9.17, 15) is 9.35 Å². The number of carbonyl (C=O) groups excluding carboxylic acids is 1. The molecule has 0 spiro atoms. The van der Waals surface area contributed by atoms with Gasteiger partial charge in [-0.3, -0.25) is 9.78 Å². The fourth-order valence-corrected chi connectivity index (χ4v) is 5.89. The van der Waals surface area contributed by atoms with Crippen molar-refractivity contribution in [2.24, 2.45) is 0 Å². The number of thiophene rings is 1. The van der Waals surface area contributed by atoms with Crippen molar-refractivity contribution in [2.75, 3.05) is 6.61 Å². The Morgan fingerprint density at radius 2 is 1.95 bits per heavy atom. The lowest BCUT2D eigenvalue weighted by molar-refractivity contribution is -0.140. The molecule has 10 heteroatoms. The molecular formula is C29H30ClFN2O4S2. The van der Waals surface area contributed by atoms with E-state index in [0.29, 0.717) is 27.6 Å². The molecule has 0 bridgehead atoms. The quantitative estimate of drug-likeness (QED) is 0.159. The summed E-state index contributed by atoms with van der Waals surface area (Å²) in [6, 6.07) is 14.9. The molecule has 0 amide bonds. The summed E-state index contributed by atoms with van der Waals surface area (Å²) >= 11 is 6.41. The highest BCUT2D eigenvalue weighted by atomic mass is 35.5. The van der Waals surface area contributed by atoms with E-state index in [1.54, 1.807) is 12.3 Å². The Balaban J connectivity index is 1.62. The first-order valence-electron chi connectivity index (χ1n) is 12.4. The Kier molecular flexibility index (Phi) is 9.51. The summed E-state index contributed by atoms with van der Waals surface area (Å²) in [5.41, 5.74) is 3.00. The van der Waals surface area contributed by atoms with Crippen LogP contribution in [0, 0.1) is 5.82 Å². The number of halogens is 2. The van der Waals surface area contributed by atoms with E-state index in [1.807, 2.05) is 63.2 Å². The summed E-state index contributed by atoms with van der Waals surface area (Å²) in [4.78, 5) is 15.3. The Labute approximate surface area is 239 Å².